The van der Waals surface area contributed by atoms with E-state index >= 15 is 0 Å². The fourth-order valence-corrected chi connectivity index (χ4v) is 4.85. The van der Waals surface area contributed by atoms with Crippen molar-refractivity contribution in [2.75, 3.05) is 0 Å². The summed E-state index contributed by atoms with van der Waals surface area (Å²) in [7, 11) is 0. The molecule has 4 aromatic rings. The van der Waals surface area contributed by atoms with Crippen LogP contribution in [0.15, 0.2) is 123 Å². The first kappa shape index (κ1) is 18.2. The molecule has 0 aliphatic carbocycles. The molecule has 3 heteroatoms. The second-order valence-corrected chi connectivity index (χ2v) is 8.67. The van der Waals surface area contributed by atoms with E-state index < -0.39 is 0 Å². The van der Waals surface area contributed by atoms with Gasteiger partial charge in [0.25, 0.3) is 0 Å². The molecule has 0 nitrogen and oxygen atoms in total. The first-order valence-electron chi connectivity index (χ1n) is 8.64. The third kappa shape index (κ3) is 4.78. The summed E-state index contributed by atoms with van der Waals surface area (Å²) in [6.07, 6.45) is 0. The van der Waals surface area contributed by atoms with Gasteiger partial charge in [-0.15, -0.1) is 0 Å². The summed E-state index contributed by atoms with van der Waals surface area (Å²) in [4.78, 5) is 4.99. The van der Waals surface area contributed by atoms with Gasteiger partial charge in [-0.3, -0.25) is 0 Å². The molecule has 0 heterocycles. The standard InChI is InChI=1S/C24H17ClS2/c25-20-14-11-18(12-15-20)19-13-16-23(26-21-7-3-1-4-8-21)24(17-19)27-22-9-5-2-6-10-22/h1-17H. The largest absolute Gasteiger partial charge is 0.0889 e. The van der Waals surface area contributed by atoms with Crippen LogP contribution in [-0.2, 0) is 0 Å². The second kappa shape index (κ2) is 8.71. The van der Waals surface area contributed by atoms with Gasteiger partial charge in [0.2, 0.25) is 0 Å². The zero-order valence-electron chi connectivity index (χ0n) is 14.5. The minimum atomic E-state index is 0.758. The maximum absolute atomic E-state index is 6.05. The maximum atomic E-state index is 6.05. The molecule has 0 spiro atoms. The number of hydrogen-bond acceptors (Lipinski definition) is 2. The molecule has 0 atom stereocenters. The average Bonchev–Trinajstić information content (AvgIpc) is 2.71. The van der Waals surface area contributed by atoms with E-state index in [9.17, 15) is 0 Å². The predicted octanol–water partition coefficient (Wildman–Crippen LogP) is 8.31. The molecule has 0 amide bonds. The van der Waals surface area contributed by atoms with Crippen molar-refractivity contribution < 1.29 is 0 Å². The molecule has 0 bridgehead atoms. The molecule has 132 valence electrons. The molecule has 0 saturated carbocycles. The Hall–Kier alpha value is -2.13. The molecule has 0 saturated heterocycles. The van der Waals surface area contributed by atoms with E-state index in [-0.39, 0.29) is 0 Å². The smallest absolute Gasteiger partial charge is 0.0406 e. The summed E-state index contributed by atoms with van der Waals surface area (Å²) in [6.45, 7) is 0. The lowest BCUT2D eigenvalue weighted by atomic mass is 10.1. The van der Waals surface area contributed by atoms with Crippen LogP contribution >= 0.6 is 35.1 Å². The van der Waals surface area contributed by atoms with Gasteiger partial charge < -0.3 is 0 Å². The highest BCUT2D eigenvalue weighted by Gasteiger charge is 2.09. The molecular weight excluding hydrogens is 388 g/mol. The molecule has 0 aliphatic rings. The molecule has 4 rings (SSSR count). The van der Waals surface area contributed by atoms with Crippen molar-refractivity contribution in [3.63, 3.8) is 0 Å². The first-order valence-corrected chi connectivity index (χ1v) is 10.6. The number of halogens is 1. The van der Waals surface area contributed by atoms with Crippen LogP contribution in [0.5, 0.6) is 0 Å². The van der Waals surface area contributed by atoms with Crippen LogP contribution in [0.2, 0.25) is 5.02 Å². The van der Waals surface area contributed by atoms with E-state index in [1.165, 1.54) is 30.7 Å². The lowest BCUT2D eigenvalue weighted by Crippen LogP contribution is -1.84. The molecule has 0 unspecified atom stereocenters. The van der Waals surface area contributed by atoms with Crippen molar-refractivity contribution >= 4 is 35.1 Å². The Morgan fingerprint density at radius 1 is 0.481 bits per heavy atom. The van der Waals surface area contributed by atoms with Crippen molar-refractivity contribution in [3.8, 4) is 11.1 Å². The Labute approximate surface area is 173 Å². The molecule has 0 radical (unpaired) electrons. The predicted molar refractivity (Wildman–Crippen MR) is 118 cm³/mol. The minimum Gasteiger partial charge on any atom is -0.0889 e. The van der Waals surface area contributed by atoms with Crippen LogP contribution in [0.1, 0.15) is 0 Å². The summed E-state index contributed by atoms with van der Waals surface area (Å²) in [5.74, 6) is 0. The number of hydrogen-bond donors (Lipinski definition) is 0. The molecular formula is C24H17ClS2. The Bertz CT molecular complexity index is 1010. The fourth-order valence-electron chi connectivity index (χ4n) is 2.73. The van der Waals surface area contributed by atoms with Crippen molar-refractivity contribution in [1.82, 2.24) is 0 Å². The van der Waals surface area contributed by atoms with Gasteiger partial charge in [0.15, 0.2) is 0 Å². The zero-order chi connectivity index (χ0) is 18.5. The van der Waals surface area contributed by atoms with Gasteiger partial charge in [0, 0.05) is 24.6 Å². The normalized spacial score (nSPS) is 10.7. The van der Waals surface area contributed by atoms with E-state index in [2.05, 4.69) is 78.9 Å². The van der Waals surface area contributed by atoms with Gasteiger partial charge in [0.05, 0.1) is 0 Å². The quantitative estimate of drug-likeness (QED) is 0.328. The SMILES string of the molecule is Clc1ccc(-c2ccc(Sc3ccccc3)c(Sc3ccccc3)c2)cc1. The molecule has 0 N–H and O–H groups in total. The maximum Gasteiger partial charge on any atom is 0.0406 e. The van der Waals surface area contributed by atoms with Gasteiger partial charge in [-0.25, -0.2) is 0 Å². The van der Waals surface area contributed by atoms with Crippen LogP contribution < -0.4 is 0 Å². The summed E-state index contributed by atoms with van der Waals surface area (Å²) in [5.41, 5.74) is 2.37. The summed E-state index contributed by atoms with van der Waals surface area (Å²) >= 11 is 9.64. The van der Waals surface area contributed by atoms with Gasteiger partial charge in [0.1, 0.15) is 0 Å². The van der Waals surface area contributed by atoms with Crippen LogP contribution in [0.3, 0.4) is 0 Å². The van der Waals surface area contributed by atoms with E-state index in [1.807, 2.05) is 24.3 Å². The highest BCUT2D eigenvalue weighted by Crippen LogP contribution is 2.40. The van der Waals surface area contributed by atoms with Crippen LogP contribution in [-0.4, -0.2) is 0 Å². The fraction of sp³-hybridized carbons (Fsp3) is 0. The lowest BCUT2D eigenvalue weighted by molar-refractivity contribution is 1.23. The van der Waals surface area contributed by atoms with Gasteiger partial charge in [-0.1, -0.05) is 89.7 Å². The Morgan fingerprint density at radius 2 is 1.00 bits per heavy atom. The monoisotopic (exact) mass is 404 g/mol. The third-order valence-corrected chi connectivity index (χ3v) is 6.59. The Balaban J connectivity index is 1.72. The average molecular weight is 405 g/mol. The van der Waals surface area contributed by atoms with Crippen molar-refractivity contribution in [2.45, 2.75) is 19.6 Å². The van der Waals surface area contributed by atoms with Gasteiger partial charge in [-0.05, 0) is 59.7 Å². The number of rotatable bonds is 5. The molecule has 4 aromatic carbocycles. The highest BCUT2D eigenvalue weighted by atomic mass is 35.5. The van der Waals surface area contributed by atoms with Crippen LogP contribution in [0.25, 0.3) is 11.1 Å². The van der Waals surface area contributed by atoms with Crippen LogP contribution in [0.4, 0.5) is 0 Å². The minimum absolute atomic E-state index is 0.758. The molecule has 0 fully saturated rings. The molecule has 27 heavy (non-hydrogen) atoms. The van der Waals surface area contributed by atoms with E-state index in [4.69, 9.17) is 11.6 Å². The number of benzene rings is 4. The van der Waals surface area contributed by atoms with E-state index in [1.54, 1.807) is 23.5 Å². The summed E-state index contributed by atoms with van der Waals surface area (Å²) < 4.78 is 0. The lowest BCUT2D eigenvalue weighted by Gasteiger charge is -2.12. The van der Waals surface area contributed by atoms with Gasteiger partial charge in [-0.2, -0.15) is 0 Å². The third-order valence-electron chi connectivity index (χ3n) is 4.06. The molecule has 0 aromatic heterocycles. The Kier molecular flexibility index (Phi) is 5.88. The van der Waals surface area contributed by atoms with Crippen molar-refractivity contribution in [1.29, 1.82) is 0 Å². The topological polar surface area (TPSA) is 0 Å². The van der Waals surface area contributed by atoms with E-state index in [0.29, 0.717) is 0 Å². The summed E-state index contributed by atoms with van der Waals surface area (Å²) in [6, 6.07) is 35.7. The first-order chi connectivity index (χ1) is 13.3. The van der Waals surface area contributed by atoms with Crippen LogP contribution in [0, 0.1) is 0 Å². The van der Waals surface area contributed by atoms with E-state index in [0.717, 1.165) is 5.02 Å². The highest BCUT2D eigenvalue weighted by molar-refractivity contribution is 8.02. The summed E-state index contributed by atoms with van der Waals surface area (Å²) in [5, 5.41) is 0.758. The second-order valence-electron chi connectivity index (χ2n) is 6.00. The Morgan fingerprint density at radius 3 is 1.59 bits per heavy atom. The zero-order valence-corrected chi connectivity index (χ0v) is 16.9. The van der Waals surface area contributed by atoms with Crippen molar-refractivity contribution in [3.05, 3.63) is 108 Å². The molecule has 0 aliphatic heterocycles. The van der Waals surface area contributed by atoms with Crippen molar-refractivity contribution in [2.24, 2.45) is 0 Å². The van der Waals surface area contributed by atoms with Gasteiger partial charge >= 0.3 is 0 Å².